The zero-order chi connectivity index (χ0) is 68.8. The third-order valence-electron chi connectivity index (χ3n) is 13.0. The predicted octanol–water partition coefficient (Wildman–Crippen LogP) is 17.2. The van der Waals surface area contributed by atoms with Crippen molar-refractivity contribution in [2.75, 3.05) is 34.4 Å². The number of aryl methyl sites for hydroxylation is 3. The molecule has 96 heavy (non-hydrogen) atoms. The summed E-state index contributed by atoms with van der Waals surface area (Å²) in [7, 11) is 0. The SMILES string of the molecule is Cc1ccc(C(=O)NC(C#N)=C(Sc2ccccc2N)Sc2ccccc2N)cc1.Cc1ccc(C(=O)NC(C#N)=C(Sc2ccccc2N)Sc2ccccc2N)cc1.Cc1ccc(C(=O)NC(C#N)=C(Sc2ccccc2N)Sc2ccccc2N)cc1.c1ccccc1. The second-order valence-corrected chi connectivity index (χ2v) is 27.4. The number of thioether (sulfide) groups is 6. The van der Waals surface area contributed by atoms with E-state index in [9.17, 15) is 30.2 Å². The molecule has 10 rings (SSSR count). The molecule has 3 amide bonds. The van der Waals surface area contributed by atoms with Gasteiger partial charge in [-0.3, -0.25) is 14.4 Å². The highest BCUT2D eigenvalue weighted by atomic mass is 32.2. The van der Waals surface area contributed by atoms with E-state index in [0.29, 0.717) is 63.5 Å². The summed E-state index contributed by atoms with van der Waals surface area (Å²) in [6.45, 7) is 5.84. The zero-order valence-corrected chi connectivity index (χ0v) is 57.1. The monoisotopic (exact) mass is 1370 g/mol. The van der Waals surface area contributed by atoms with E-state index >= 15 is 0 Å². The average Bonchev–Trinajstić information content (AvgIpc) is 1.42. The van der Waals surface area contributed by atoms with E-state index in [2.05, 4.69) is 34.2 Å². The van der Waals surface area contributed by atoms with Gasteiger partial charge in [0, 0.05) is 80.2 Å². The fourth-order valence-electron chi connectivity index (χ4n) is 7.84. The standard InChI is InChI=1S/3C23H20N4OS2.C6H6/c3*1-15-10-12-16(13-11-15)22(28)27-19(14-24)23(29-20-8-4-2-6-17(20)25)30-21-9-5-3-7-18(21)26;1-2-4-6-5-3-1/h3*2-13H,25-26H2,1H3,(H,27,28);1-6H. The van der Waals surface area contributed by atoms with Gasteiger partial charge in [0.15, 0.2) is 0 Å². The Bertz CT molecular complexity index is 3940. The van der Waals surface area contributed by atoms with Crippen molar-refractivity contribution in [3.63, 3.8) is 0 Å². The summed E-state index contributed by atoms with van der Waals surface area (Å²) in [5.74, 6) is -1.06. The number of nitrogens with zero attached hydrogens (tertiary/aromatic N) is 3. The Morgan fingerprint density at radius 2 is 0.438 bits per heavy atom. The van der Waals surface area contributed by atoms with Crippen LogP contribution in [0.5, 0.6) is 0 Å². The molecule has 480 valence electrons. The lowest BCUT2D eigenvalue weighted by Gasteiger charge is -2.13. The van der Waals surface area contributed by atoms with Crippen molar-refractivity contribution in [1.29, 1.82) is 15.8 Å². The molecule has 15 N–H and O–H groups in total. The Labute approximate surface area is 584 Å². The van der Waals surface area contributed by atoms with Crippen LogP contribution in [-0.2, 0) is 0 Å². The number of amides is 3. The maximum atomic E-state index is 12.7. The van der Waals surface area contributed by atoms with Gasteiger partial charge in [-0.1, -0.05) is 233 Å². The molecule has 0 fully saturated rings. The van der Waals surface area contributed by atoms with Gasteiger partial charge in [0.25, 0.3) is 17.7 Å². The molecule has 0 radical (unpaired) electrons. The summed E-state index contributed by atoms with van der Waals surface area (Å²) >= 11 is 7.90. The van der Waals surface area contributed by atoms with Gasteiger partial charge in [-0.05, 0) is 130 Å². The van der Waals surface area contributed by atoms with Crippen molar-refractivity contribution in [3.8, 4) is 18.2 Å². The highest BCUT2D eigenvalue weighted by Gasteiger charge is 2.21. The number of benzene rings is 10. The number of anilines is 6. The Kier molecular flexibility index (Phi) is 28.6. The van der Waals surface area contributed by atoms with Gasteiger partial charge in [0.05, 0.1) is 12.7 Å². The van der Waals surface area contributed by atoms with Crippen molar-refractivity contribution in [2.45, 2.75) is 50.1 Å². The Morgan fingerprint density at radius 1 is 0.271 bits per heavy atom. The van der Waals surface area contributed by atoms with E-state index in [-0.39, 0.29) is 34.8 Å². The van der Waals surface area contributed by atoms with Gasteiger partial charge in [-0.15, -0.1) is 0 Å². The average molecular weight is 1380 g/mol. The molecule has 0 heterocycles. The topological polar surface area (TPSA) is 315 Å². The van der Waals surface area contributed by atoms with Crippen LogP contribution in [0.2, 0.25) is 0 Å². The minimum atomic E-state index is -0.354. The number of carbonyl (C=O) groups is 3. The lowest BCUT2D eigenvalue weighted by molar-refractivity contribution is 0.0959. The van der Waals surface area contributed by atoms with Gasteiger partial charge in [0.1, 0.15) is 35.3 Å². The van der Waals surface area contributed by atoms with E-state index in [0.717, 1.165) is 46.1 Å². The van der Waals surface area contributed by atoms with Crippen LogP contribution in [0.4, 0.5) is 34.1 Å². The quantitative estimate of drug-likeness (QED) is 0.0219. The maximum Gasteiger partial charge on any atom is 0.256 e. The third kappa shape index (κ3) is 22.7. The molecule has 21 heteroatoms. The zero-order valence-electron chi connectivity index (χ0n) is 52.2. The van der Waals surface area contributed by atoms with E-state index in [1.807, 2.05) is 203 Å². The van der Waals surface area contributed by atoms with Gasteiger partial charge >= 0.3 is 0 Å². The van der Waals surface area contributed by atoms with Crippen molar-refractivity contribution < 1.29 is 14.4 Å². The van der Waals surface area contributed by atoms with Gasteiger partial charge in [-0.25, -0.2) is 0 Å². The summed E-state index contributed by atoms with van der Waals surface area (Å²) in [6.07, 6.45) is 0. The summed E-state index contributed by atoms with van der Waals surface area (Å²) < 4.78 is 1.73. The summed E-state index contributed by atoms with van der Waals surface area (Å²) in [5.41, 5.74) is 45.1. The number of hydrogen-bond acceptors (Lipinski definition) is 18. The van der Waals surface area contributed by atoms with Crippen LogP contribution >= 0.6 is 70.6 Å². The number of nitrogens with one attached hydrogen (secondary N) is 3. The molecule has 0 unspecified atom stereocenters. The summed E-state index contributed by atoms with van der Waals surface area (Å²) in [6, 6.07) is 84.0. The number of para-hydroxylation sites is 6. The summed E-state index contributed by atoms with van der Waals surface area (Å²) in [5, 5.41) is 37.7. The molecule has 0 saturated carbocycles. The predicted molar refractivity (Wildman–Crippen MR) is 401 cm³/mol. The number of allylic oxidation sites excluding steroid dienone is 3. The number of nitrogens with two attached hydrogens (primary N) is 6. The van der Waals surface area contributed by atoms with Crippen molar-refractivity contribution in [2.24, 2.45) is 0 Å². The van der Waals surface area contributed by atoms with E-state index in [1.165, 1.54) is 70.6 Å². The number of hydrogen-bond donors (Lipinski definition) is 9. The first-order valence-electron chi connectivity index (χ1n) is 29.1. The molecular weight excluding hydrogens is 1310 g/mol. The molecule has 15 nitrogen and oxygen atoms in total. The minimum Gasteiger partial charge on any atom is -0.398 e. The fraction of sp³-hybridized carbons (Fsp3) is 0.0400. The van der Waals surface area contributed by atoms with Crippen molar-refractivity contribution in [3.05, 3.63) is 318 Å². The van der Waals surface area contributed by atoms with Crippen LogP contribution in [0.25, 0.3) is 0 Å². The number of rotatable bonds is 18. The van der Waals surface area contributed by atoms with E-state index in [4.69, 9.17) is 34.4 Å². The second-order valence-electron chi connectivity index (χ2n) is 20.3. The van der Waals surface area contributed by atoms with Crippen LogP contribution in [0.1, 0.15) is 47.8 Å². The highest BCUT2D eigenvalue weighted by Crippen LogP contribution is 2.47. The molecule has 0 spiro atoms. The van der Waals surface area contributed by atoms with Crippen LogP contribution < -0.4 is 50.4 Å². The molecule has 0 aliphatic rings. The lowest BCUT2D eigenvalue weighted by atomic mass is 10.1. The lowest BCUT2D eigenvalue weighted by Crippen LogP contribution is -2.22. The number of nitrogen functional groups attached to an aromatic ring is 6. The molecule has 10 aromatic rings. The molecule has 0 aliphatic heterocycles. The highest BCUT2D eigenvalue weighted by molar-refractivity contribution is 8.23. The van der Waals surface area contributed by atoms with Crippen molar-refractivity contribution in [1.82, 2.24) is 16.0 Å². The van der Waals surface area contributed by atoms with Gasteiger partial charge in [-0.2, -0.15) is 15.8 Å². The van der Waals surface area contributed by atoms with Gasteiger partial charge < -0.3 is 50.4 Å². The smallest absolute Gasteiger partial charge is 0.256 e. The third-order valence-corrected chi connectivity index (χ3v) is 20.4. The van der Waals surface area contributed by atoms with E-state index < -0.39 is 0 Å². The van der Waals surface area contributed by atoms with Gasteiger partial charge in [0.2, 0.25) is 0 Å². The van der Waals surface area contributed by atoms with Crippen LogP contribution in [0.15, 0.2) is 314 Å². The number of nitriles is 3. The Morgan fingerprint density at radius 3 is 0.594 bits per heavy atom. The first kappa shape index (κ1) is 72.6. The summed E-state index contributed by atoms with van der Waals surface area (Å²) in [4.78, 5) is 42.8. The Hall–Kier alpha value is -10.8. The molecule has 0 aliphatic carbocycles. The molecule has 0 aromatic heterocycles. The normalized spacial score (nSPS) is 10.0. The first-order valence-corrected chi connectivity index (χ1v) is 34.0. The maximum absolute atomic E-state index is 12.7. The van der Waals surface area contributed by atoms with Crippen LogP contribution in [0.3, 0.4) is 0 Å². The largest absolute Gasteiger partial charge is 0.398 e. The first-order chi connectivity index (χ1) is 46.4. The molecule has 10 aromatic carbocycles. The van der Waals surface area contributed by atoms with E-state index in [1.54, 1.807) is 72.8 Å². The molecular formula is C75H66N12O3S6. The minimum absolute atomic E-state index is 0.141. The van der Waals surface area contributed by atoms with Crippen LogP contribution in [0, 0.1) is 54.8 Å². The molecule has 0 bridgehead atoms. The second kappa shape index (κ2) is 37.8. The molecule has 0 saturated heterocycles. The Balaban J connectivity index is 0.000000194. The fourth-order valence-corrected chi connectivity index (χ4v) is 14.3. The van der Waals surface area contributed by atoms with Crippen LogP contribution in [-0.4, -0.2) is 17.7 Å². The number of carbonyl (C=O) groups excluding carboxylic acids is 3. The molecule has 0 atom stereocenters. The van der Waals surface area contributed by atoms with Crippen molar-refractivity contribution >= 4 is 122 Å².